The number of aromatic amines is 1. The van der Waals surface area contributed by atoms with Crippen molar-refractivity contribution in [3.63, 3.8) is 0 Å². The standard InChI is InChI=1S/C13H13N5O/c1-18-11(6-7-15-18)13(19)14-8-12-16-9-4-2-3-5-10(9)17-12/h2-7H,8H2,1H3,(H,14,19)(H,16,17). The summed E-state index contributed by atoms with van der Waals surface area (Å²) in [5.41, 5.74) is 2.38. The van der Waals surface area contributed by atoms with Gasteiger partial charge >= 0.3 is 0 Å². The number of aryl methyl sites for hydroxylation is 1. The summed E-state index contributed by atoms with van der Waals surface area (Å²) in [4.78, 5) is 19.5. The van der Waals surface area contributed by atoms with Gasteiger partial charge in [0, 0.05) is 13.2 Å². The summed E-state index contributed by atoms with van der Waals surface area (Å²) in [5, 5.41) is 6.77. The highest BCUT2D eigenvalue weighted by molar-refractivity contribution is 5.92. The fourth-order valence-corrected chi connectivity index (χ4v) is 1.94. The van der Waals surface area contributed by atoms with Gasteiger partial charge in [-0.25, -0.2) is 4.98 Å². The van der Waals surface area contributed by atoms with Gasteiger partial charge in [0.05, 0.1) is 17.6 Å². The quantitative estimate of drug-likeness (QED) is 0.739. The summed E-state index contributed by atoms with van der Waals surface area (Å²) in [7, 11) is 1.73. The van der Waals surface area contributed by atoms with Crippen molar-refractivity contribution >= 4 is 16.9 Å². The van der Waals surface area contributed by atoms with Gasteiger partial charge in [-0.1, -0.05) is 12.1 Å². The van der Waals surface area contributed by atoms with E-state index in [0.29, 0.717) is 12.2 Å². The molecule has 0 saturated carbocycles. The highest BCUT2D eigenvalue weighted by atomic mass is 16.2. The minimum Gasteiger partial charge on any atom is -0.343 e. The number of carbonyl (C=O) groups is 1. The second-order valence-corrected chi connectivity index (χ2v) is 4.22. The third kappa shape index (κ3) is 2.20. The van der Waals surface area contributed by atoms with E-state index in [9.17, 15) is 4.79 Å². The van der Waals surface area contributed by atoms with E-state index < -0.39 is 0 Å². The van der Waals surface area contributed by atoms with Crippen molar-refractivity contribution in [2.75, 3.05) is 0 Å². The lowest BCUT2D eigenvalue weighted by atomic mass is 10.3. The Morgan fingerprint density at radius 2 is 2.21 bits per heavy atom. The molecule has 0 spiro atoms. The van der Waals surface area contributed by atoms with Crippen molar-refractivity contribution < 1.29 is 4.79 Å². The van der Waals surface area contributed by atoms with E-state index in [4.69, 9.17) is 0 Å². The molecule has 2 aromatic heterocycles. The number of hydrogen-bond donors (Lipinski definition) is 2. The van der Waals surface area contributed by atoms with E-state index in [1.807, 2.05) is 24.3 Å². The molecule has 6 heteroatoms. The van der Waals surface area contributed by atoms with Gasteiger partial charge in [-0.2, -0.15) is 5.10 Å². The maximum Gasteiger partial charge on any atom is 0.269 e. The first-order valence-electron chi connectivity index (χ1n) is 5.94. The first-order chi connectivity index (χ1) is 9.24. The van der Waals surface area contributed by atoms with Crippen molar-refractivity contribution in [1.82, 2.24) is 25.1 Å². The lowest BCUT2D eigenvalue weighted by Crippen LogP contribution is -2.25. The molecular formula is C13H13N5O. The predicted octanol–water partition coefficient (Wildman–Crippen LogP) is 1.23. The molecule has 2 heterocycles. The van der Waals surface area contributed by atoms with Gasteiger partial charge in [-0.15, -0.1) is 0 Å². The minimum atomic E-state index is -0.166. The lowest BCUT2D eigenvalue weighted by Gasteiger charge is -2.02. The van der Waals surface area contributed by atoms with Crippen LogP contribution >= 0.6 is 0 Å². The molecule has 3 aromatic rings. The lowest BCUT2D eigenvalue weighted by molar-refractivity contribution is 0.0940. The molecule has 96 valence electrons. The zero-order valence-electron chi connectivity index (χ0n) is 10.4. The number of hydrogen-bond acceptors (Lipinski definition) is 3. The average molecular weight is 255 g/mol. The number of fused-ring (bicyclic) bond motifs is 1. The number of H-pyrrole nitrogens is 1. The Kier molecular flexibility index (Phi) is 2.75. The summed E-state index contributed by atoms with van der Waals surface area (Å²) < 4.78 is 1.54. The maximum absolute atomic E-state index is 11.9. The summed E-state index contributed by atoms with van der Waals surface area (Å²) >= 11 is 0. The van der Waals surface area contributed by atoms with E-state index >= 15 is 0 Å². The summed E-state index contributed by atoms with van der Waals surface area (Å²) in [6.45, 7) is 0.360. The normalized spacial score (nSPS) is 10.8. The van der Waals surface area contributed by atoms with Crippen LogP contribution in [0.3, 0.4) is 0 Å². The molecule has 0 aliphatic heterocycles. The van der Waals surface area contributed by atoms with E-state index in [1.54, 1.807) is 19.3 Å². The fraction of sp³-hybridized carbons (Fsp3) is 0.154. The first kappa shape index (κ1) is 11.5. The zero-order valence-corrected chi connectivity index (χ0v) is 10.4. The number of rotatable bonds is 3. The molecule has 3 rings (SSSR count). The van der Waals surface area contributed by atoms with Crippen molar-refractivity contribution in [2.24, 2.45) is 7.05 Å². The molecule has 1 aromatic carbocycles. The number of carbonyl (C=O) groups excluding carboxylic acids is 1. The molecule has 0 radical (unpaired) electrons. The number of nitrogens with zero attached hydrogens (tertiary/aromatic N) is 3. The van der Waals surface area contributed by atoms with E-state index in [-0.39, 0.29) is 5.91 Å². The number of imidazole rings is 1. The Bertz CT molecular complexity index is 694. The van der Waals surface area contributed by atoms with Gasteiger partial charge in [0.15, 0.2) is 0 Å². The summed E-state index contributed by atoms with van der Waals surface area (Å²) in [6.07, 6.45) is 1.59. The number of para-hydroxylation sites is 2. The molecule has 0 atom stereocenters. The average Bonchev–Trinajstić information content (AvgIpc) is 3.01. The van der Waals surface area contributed by atoms with Crippen LogP contribution in [0.5, 0.6) is 0 Å². The zero-order chi connectivity index (χ0) is 13.2. The van der Waals surface area contributed by atoms with Crippen LogP contribution < -0.4 is 5.32 Å². The van der Waals surface area contributed by atoms with Crippen LogP contribution in [0, 0.1) is 0 Å². The minimum absolute atomic E-state index is 0.166. The largest absolute Gasteiger partial charge is 0.343 e. The third-order valence-electron chi connectivity index (χ3n) is 2.91. The van der Waals surface area contributed by atoms with Gasteiger partial charge in [0.2, 0.25) is 0 Å². The second kappa shape index (κ2) is 4.56. The fourth-order valence-electron chi connectivity index (χ4n) is 1.94. The molecule has 6 nitrogen and oxygen atoms in total. The summed E-state index contributed by atoms with van der Waals surface area (Å²) in [6, 6.07) is 9.43. The Hall–Kier alpha value is -2.63. The van der Waals surface area contributed by atoms with Crippen molar-refractivity contribution in [2.45, 2.75) is 6.54 Å². The number of benzene rings is 1. The van der Waals surface area contributed by atoms with Crippen LogP contribution in [0.25, 0.3) is 11.0 Å². The second-order valence-electron chi connectivity index (χ2n) is 4.22. The highest BCUT2D eigenvalue weighted by Crippen LogP contribution is 2.10. The maximum atomic E-state index is 11.9. The molecule has 0 saturated heterocycles. The van der Waals surface area contributed by atoms with Crippen LogP contribution in [0.1, 0.15) is 16.3 Å². The molecule has 0 unspecified atom stereocenters. The van der Waals surface area contributed by atoms with Gasteiger partial charge in [0.25, 0.3) is 5.91 Å². The molecule has 2 N–H and O–H groups in total. The Labute approximate surface area is 109 Å². The Balaban J connectivity index is 1.72. The smallest absolute Gasteiger partial charge is 0.269 e. The van der Waals surface area contributed by atoms with Gasteiger partial charge in [0.1, 0.15) is 11.5 Å². The van der Waals surface area contributed by atoms with Gasteiger partial charge < -0.3 is 10.3 Å². The van der Waals surface area contributed by atoms with Crippen LogP contribution in [-0.4, -0.2) is 25.7 Å². The number of amides is 1. The SMILES string of the molecule is Cn1nccc1C(=O)NCc1nc2ccccc2[nH]1. The van der Waals surface area contributed by atoms with Crippen molar-refractivity contribution in [1.29, 1.82) is 0 Å². The van der Waals surface area contributed by atoms with Crippen LogP contribution in [0.15, 0.2) is 36.5 Å². The topological polar surface area (TPSA) is 75.6 Å². The molecule has 0 aliphatic rings. The van der Waals surface area contributed by atoms with Gasteiger partial charge in [-0.05, 0) is 18.2 Å². The molecule has 0 aliphatic carbocycles. The van der Waals surface area contributed by atoms with Crippen LogP contribution in [0.4, 0.5) is 0 Å². The van der Waals surface area contributed by atoms with Crippen LogP contribution in [0.2, 0.25) is 0 Å². The summed E-state index contributed by atoms with van der Waals surface area (Å²) in [5.74, 6) is 0.567. The van der Waals surface area contributed by atoms with E-state index in [2.05, 4.69) is 20.4 Å². The monoisotopic (exact) mass is 255 g/mol. The number of nitrogens with one attached hydrogen (secondary N) is 2. The Morgan fingerprint density at radius 3 is 2.95 bits per heavy atom. The molecule has 1 amide bonds. The molecule has 0 bridgehead atoms. The van der Waals surface area contributed by atoms with E-state index in [1.165, 1.54) is 4.68 Å². The number of aromatic nitrogens is 4. The molecule has 19 heavy (non-hydrogen) atoms. The van der Waals surface area contributed by atoms with Crippen LogP contribution in [-0.2, 0) is 13.6 Å². The van der Waals surface area contributed by atoms with Gasteiger partial charge in [-0.3, -0.25) is 9.48 Å². The first-order valence-corrected chi connectivity index (χ1v) is 5.94. The molecule has 0 fully saturated rings. The Morgan fingerprint density at radius 1 is 1.37 bits per heavy atom. The highest BCUT2D eigenvalue weighted by Gasteiger charge is 2.10. The third-order valence-corrected chi connectivity index (χ3v) is 2.91. The predicted molar refractivity (Wildman–Crippen MR) is 70.5 cm³/mol. The van der Waals surface area contributed by atoms with Crippen molar-refractivity contribution in [3.05, 3.63) is 48.0 Å². The van der Waals surface area contributed by atoms with Crippen molar-refractivity contribution in [3.8, 4) is 0 Å². The van der Waals surface area contributed by atoms with E-state index in [0.717, 1.165) is 16.9 Å². The molecular weight excluding hydrogens is 242 g/mol.